The predicted octanol–water partition coefficient (Wildman–Crippen LogP) is 13.3. The first kappa shape index (κ1) is 36.3. The Kier molecular flexibility index (Phi) is 11.4. The summed E-state index contributed by atoms with van der Waals surface area (Å²) in [5, 5.41) is 3.69. The number of nitrogens with zero attached hydrogens (tertiary/aromatic N) is 2. The quantitative estimate of drug-likeness (QED) is 0.118. The molecule has 7 rings (SSSR count). The number of hydrogen-bond donors (Lipinski definition) is 0. The molecule has 0 bridgehead atoms. The summed E-state index contributed by atoms with van der Waals surface area (Å²) in [4.78, 5) is 9.21. The molecule has 5 heteroatoms. The Hall–Kier alpha value is -3.73. The summed E-state index contributed by atoms with van der Waals surface area (Å²) in [7, 11) is -1.50. The molecule has 0 spiro atoms. The monoisotopic (exact) mass is 912 g/mol. The molecule has 0 fully saturated rings. The van der Waals surface area contributed by atoms with Gasteiger partial charge in [0.15, 0.2) is 0 Å². The van der Waals surface area contributed by atoms with Gasteiger partial charge in [0.2, 0.25) is 0 Å². The fourth-order valence-corrected chi connectivity index (χ4v) is 9.26. The fraction of sp³-hybridized carbons (Fsp3) is 0.292. The van der Waals surface area contributed by atoms with Gasteiger partial charge in [-0.05, 0) is 79.1 Å². The second kappa shape index (κ2) is 16.7. The van der Waals surface area contributed by atoms with Gasteiger partial charge in [0.05, 0.1) is 8.07 Å². The molecular weight excluding hydrogens is 857 g/mol. The molecule has 0 N–H and O–H groups in total. The topological polar surface area (TPSA) is 25.8 Å². The normalized spacial score (nSPS) is 13.2. The summed E-state index contributed by atoms with van der Waals surface area (Å²) in [6.07, 6.45) is 2.28. The summed E-state index contributed by atoms with van der Waals surface area (Å²) in [5.74, 6) is -0.736. The minimum absolute atomic E-state index is 0. The molecule has 0 saturated heterocycles. The molecule has 2 nitrogen and oxygen atoms in total. The van der Waals surface area contributed by atoms with E-state index in [1.165, 1.54) is 37.3 Å². The van der Waals surface area contributed by atoms with E-state index in [4.69, 9.17) is 4.11 Å². The number of rotatable bonds is 7. The largest absolute Gasteiger partial charge is 0.305 e. The van der Waals surface area contributed by atoms with E-state index in [0.29, 0.717) is 5.56 Å². The third-order valence-corrected chi connectivity index (χ3v) is 12.4. The average molecular weight is 912 g/mol. The Labute approximate surface area is 340 Å². The van der Waals surface area contributed by atoms with Gasteiger partial charge in [0, 0.05) is 41.3 Å². The van der Waals surface area contributed by atoms with Crippen molar-refractivity contribution in [3.05, 3.63) is 138 Å². The van der Waals surface area contributed by atoms with Gasteiger partial charge in [-0.3, -0.25) is 0 Å². The maximum Gasteiger partial charge on any atom is 0.0799 e. The van der Waals surface area contributed by atoms with E-state index in [0.717, 1.165) is 32.8 Å². The number of pyridine rings is 2. The van der Waals surface area contributed by atoms with Gasteiger partial charge in [0.1, 0.15) is 0 Å². The van der Waals surface area contributed by atoms with Crippen molar-refractivity contribution in [1.29, 1.82) is 0 Å². The van der Waals surface area contributed by atoms with E-state index in [1.54, 1.807) is 23.6 Å². The van der Waals surface area contributed by atoms with E-state index in [-0.39, 0.29) is 31.4 Å². The van der Waals surface area contributed by atoms with Crippen LogP contribution in [0.1, 0.15) is 75.2 Å². The second-order valence-electron chi connectivity index (χ2n) is 16.1. The second-order valence-corrected chi connectivity index (χ2v) is 22.2. The van der Waals surface area contributed by atoms with Gasteiger partial charge in [-0.25, -0.2) is 0 Å². The Morgan fingerprint density at radius 1 is 0.792 bits per heavy atom. The van der Waals surface area contributed by atoms with Gasteiger partial charge >= 0.3 is 0 Å². The third kappa shape index (κ3) is 9.50. The Morgan fingerprint density at radius 2 is 1.53 bits per heavy atom. The SMILES string of the molecule is [2H]C(C)(C)c1cc(-c2[c-]cccc2)ncc1[Si](C)(C)C.[2H]C([2H])(c1ccnc(-c2[c-]ccc3c2sc2cc(-c4ccc(C(C)(C)C)cc4)ccc23)c1)C(C)C.[Ir]. The molecule has 275 valence electrons. The van der Waals surface area contributed by atoms with Crippen LogP contribution in [0.15, 0.2) is 109 Å². The molecule has 0 aliphatic carbocycles. The van der Waals surface area contributed by atoms with Crippen LogP contribution in [0.3, 0.4) is 0 Å². The Bertz CT molecular complexity index is 2440. The van der Waals surface area contributed by atoms with Crippen molar-refractivity contribution in [2.45, 2.75) is 85.8 Å². The van der Waals surface area contributed by atoms with Crippen LogP contribution in [0.4, 0.5) is 0 Å². The van der Waals surface area contributed by atoms with E-state index in [2.05, 4.69) is 117 Å². The van der Waals surface area contributed by atoms with Crippen molar-refractivity contribution in [3.8, 4) is 33.6 Å². The van der Waals surface area contributed by atoms with Crippen LogP contribution in [0.2, 0.25) is 19.6 Å². The van der Waals surface area contributed by atoms with Crippen LogP contribution in [0.25, 0.3) is 53.8 Å². The zero-order chi connectivity index (χ0) is 39.9. The fourth-order valence-electron chi connectivity index (χ4n) is 6.43. The van der Waals surface area contributed by atoms with Gasteiger partial charge < -0.3 is 9.97 Å². The molecule has 0 aliphatic heterocycles. The van der Waals surface area contributed by atoms with Gasteiger partial charge in [-0.2, -0.15) is 11.3 Å². The molecule has 0 amide bonds. The van der Waals surface area contributed by atoms with Gasteiger partial charge in [-0.15, -0.1) is 59.7 Å². The molecular formula is C48H52IrN2SSi-2. The number of hydrogen-bond acceptors (Lipinski definition) is 3. The van der Waals surface area contributed by atoms with E-state index >= 15 is 0 Å². The molecule has 4 aromatic carbocycles. The van der Waals surface area contributed by atoms with Gasteiger partial charge in [-0.1, -0.05) is 133 Å². The molecule has 0 unspecified atom stereocenters. The van der Waals surface area contributed by atoms with E-state index < -0.39 is 20.3 Å². The standard InChI is InChI=1S/C31H30NS.C17H22NSi.Ir/c1-20(2)17-21-15-16-32-28(18-21)27-8-6-7-26-25-14-11-23(19-29(25)33-30(26)27)22-9-12-24(13-10-22)31(3,4)5;1-13(2)15-11-16(14-9-7-6-8-10-14)18-12-17(15)19(3,4)5;/h6-7,9-16,18-20H,17H2,1-5H3;6-9,11-13H,1-5H3;/q2*-1;/i17D2;13D;. The Balaban J connectivity index is 0.000000244. The first-order valence-electron chi connectivity index (χ1n) is 19.7. The average Bonchev–Trinajstić information content (AvgIpc) is 3.52. The predicted molar refractivity (Wildman–Crippen MR) is 230 cm³/mol. The minimum Gasteiger partial charge on any atom is -0.305 e. The minimum atomic E-state index is -1.50. The zero-order valence-electron chi connectivity index (χ0n) is 35.6. The van der Waals surface area contributed by atoms with Crippen molar-refractivity contribution in [2.24, 2.45) is 5.92 Å². The first-order chi connectivity index (χ1) is 25.7. The van der Waals surface area contributed by atoms with Crippen molar-refractivity contribution in [2.75, 3.05) is 0 Å². The molecule has 3 heterocycles. The molecule has 1 radical (unpaired) electrons. The molecule has 7 aromatic rings. The molecule has 53 heavy (non-hydrogen) atoms. The zero-order valence-corrected chi connectivity index (χ0v) is 36.8. The molecule has 0 aliphatic rings. The number of thiophene rings is 1. The van der Waals surface area contributed by atoms with Crippen molar-refractivity contribution in [3.63, 3.8) is 0 Å². The maximum atomic E-state index is 8.52. The van der Waals surface area contributed by atoms with E-state index in [9.17, 15) is 0 Å². The van der Waals surface area contributed by atoms with Crippen molar-refractivity contribution < 1.29 is 24.2 Å². The third-order valence-electron chi connectivity index (χ3n) is 9.22. The summed E-state index contributed by atoms with van der Waals surface area (Å²) < 4.78 is 27.8. The van der Waals surface area contributed by atoms with Crippen LogP contribution in [-0.4, -0.2) is 18.0 Å². The summed E-state index contributed by atoms with van der Waals surface area (Å²) in [6.45, 7) is 21.3. The maximum absolute atomic E-state index is 8.52. The number of fused-ring (bicyclic) bond motifs is 3. The van der Waals surface area contributed by atoms with Crippen LogP contribution >= 0.6 is 11.3 Å². The number of aromatic nitrogens is 2. The Morgan fingerprint density at radius 3 is 2.17 bits per heavy atom. The smallest absolute Gasteiger partial charge is 0.0799 e. The van der Waals surface area contributed by atoms with Crippen LogP contribution in [0, 0.1) is 18.1 Å². The molecule has 0 atom stereocenters. The summed E-state index contributed by atoms with van der Waals surface area (Å²) in [6, 6.07) is 39.8. The van der Waals surface area contributed by atoms with Crippen molar-refractivity contribution in [1.82, 2.24) is 9.97 Å². The van der Waals surface area contributed by atoms with Crippen LogP contribution in [-0.2, 0) is 31.9 Å². The first-order valence-corrected chi connectivity index (χ1v) is 22.5. The van der Waals surface area contributed by atoms with Gasteiger partial charge in [0.25, 0.3) is 0 Å². The van der Waals surface area contributed by atoms with E-state index in [1.807, 2.05) is 70.3 Å². The summed E-state index contributed by atoms with van der Waals surface area (Å²) in [5.41, 5.74) is 9.24. The summed E-state index contributed by atoms with van der Waals surface area (Å²) >= 11 is 1.75. The molecule has 0 saturated carbocycles. The van der Waals surface area contributed by atoms with Crippen molar-refractivity contribution >= 4 is 44.8 Å². The van der Waals surface area contributed by atoms with Crippen LogP contribution < -0.4 is 5.19 Å². The number of benzene rings is 4. The molecule has 3 aromatic heterocycles. The van der Waals surface area contributed by atoms with Crippen LogP contribution in [0.5, 0.6) is 0 Å².